The number of nitrogens with one attached hydrogen (secondary N) is 1. The smallest absolute Gasteiger partial charge is 0.0207 e. The largest absolute Gasteiger partial charge is 0.314 e. The molecule has 1 nitrogen and oxygen atoms in total. The average molecular weight is 284 g/mol. The Bertz CT molecular complexity index is 293. The molecule has 0 fully saturated rings. The first-order chi connectivity index (χ1) is 7.77. The monoisotopic (exact) mass is 283 g/mol. The lowest BCUT2D eigenvalue weighted by molar-refractivity contribution is 0.459. The zero-order valence-corrected chi connectivity index (χ0v) is 11.9. The van der Waals surface area contributed by atoms with E-state index in [2.05, 4.69) is 59.4 Å². The Morgan fingerprint density at radius 2 is 1.94 bits per heavy atom. The van der Waals surface area contributed by atoms with Crippen molar-refractivity contribution in [1.82, 2.24) is 5.32 Å². The number of hydrogen-bond donors (Lipinski definition) is 1. The first kappa shape index (κ1) is 13.7. The minimum Gasteiger partial charge on any atom is -0.314 e. The van der Waals surface area contributed by atoms with Crippen LogP contribution in [0.4, 0.5) is 0 Å². The van der Waals surface area contributed by atoms with Crippen LogP contribution in [0, 0.1) is 0 Å². The van der Waals surface area contributed by atoms with Crippen LogP contribution < -0.4 is 5.32 Å². The molecule has 1 unspecified atom stereocenters. The van der Waals surface area contributed by atoms with E-state index in [1.165, 1.54) is 29.3 Å². The predicted molar refractivity (Wildman–Crippen MR) is 74.8 cm³/mol. The molecule has 90 valence electrons. The van der Waals surface area contributed by atoms with Crippen LogP contribution >= 0.6 is 15.9 Å². The Hall–Kier alpha value is -0.340. The summed E-state index contributed by atoms with van der Waals surface area (Å²) in [5.74, 6) is 0. The third-order valence-corrected chi connectivity index (χ3v) is 3.62. The number of benzene rings is 1. The zero-order chi connectivity index (χ0) is 11.8. The van der Waals surface area contributed by atoms with Crippen LogP contribution in [-0.2, 0) is 6.42 Å². The Labute approximate surface area is 108 Å². The van der Waals surface area contributed by atoms with Crippen LogP contribution in [-0.4, -0.2) is 12.6 Å². The first-order valence-corrected chi connectivity index (χ1v) is 7.04. The molecule has 1 rings (SSSR count). The standard InChI is InChI=1S/C14H22BrN/c1-3-7-13(16-4-2)11-10-12-8-5-6-9-14(12)15/h5-6,8-9,13,16H,3-4,7,10-11H2,1-2H3. The van der Waals surface area contributed by atoms with Gasteiger partial charge in [0.25, 0.3) is 0 Å². The Balaban J connectivity index is 2.45. The van der Waals surface area contributed by atoms with E-state index >= 15 is 0 Å². The minimum atomic E-state index is 0.669. The third-order valence-electron chi connectivity index (χ3n) is 2.85. The molecule has 0 bridgehead atoms. The van der Waals surface area contributed by atoms with Crippen molar-refractivity contribution in [2.75, 3.05) is 6.54 Å². The molecular formula is C14H22BrN. The molecule has 0 amide bonds. The fraction of sp³-hybridized carbons (Fsp3) is 0.571. The van der Waals surface area contributed by atoms with Crippen molar-refractivity contribution in [3.05, 3.63) is 34.3 Å². The topological polar surface area (TPSA) is 12.0 Å². The van der Waals surface area contributed by atoms with E-state index in [4.69, 9.17) is 0 Å². The highest BCUT2D eigenvalue weighted by Crippen LogP contribution is 2.18. The average Bonchev–Trinajstić information content (AvgIpc) is 2.28. The van der Waals surface area contributed by atoms with E-state index in [0.717, 1.165) is 13.0 Å². The van der Waals surface area contributed by atoms with Gasteiger partial charge in [0.05, 0.1) is 0 Å². The van der Waals surface area contributed by atoms with Crippen molar-refractivity contribution in [2.24, 2.45) is 0 Å². The molecule has 0 radical (unpaired) electrons. The van der Waals surface area contributed by atoms with E-state index in [9.17, 15) is 0 Å². The second-order valence-electron chi connectivity index (χ2n) is 4.17. The summed E-state index contributed by atoms with van der Waals surface area (Å²) >= 11 is 3.60. The quantitative estimate of drug-likeness (QED) is 0.792. The van der Waals surface area contributed by atoms with Gasteiger partial charge in [0.15, 0.2) is 0 Å². The van der Waals surface area contributed by atoms with Gasteiger partial charge in [0, 0.05) is 10.5 Å². The maximum atomic E-state index is 3.60. The SMILES string of the molecule is CCCC(CCc1ccccc1Br)NCC. The summed E-state index contributed by atoms with van der Waals surface area (Å²) in [4.78, 5) is 0. The van der Waals surface area contributed by atoms with Crippen molar-refractivity contribution >= 4 is 15.9 Å². The summed E-state index contributed by atoms with van der Waals surface area (Å²) in [6.07, 6.45) is 4.91. The molecule has 16 heavy (non-hydrogen) atoms. The van der Waals surface area contributed by atoms with E-state index in [1.807, 2.05) is 0 Å². The first-order valence-electron chi connectivity index (χ1n) is 6.24. The maximum Gasteiger partial charge on any atom is 0.0207 e. The highest BCUT2D eigenvalue weighted by atomic mass is 79.9. The molecule has 0 aliphatic rings. The number of halogens is 1. The summed E-state index contributed by atoms with van der Waals surface area (Å²) in [5.41, 5.74) is 1.42. The third kappa shape index (κ3) is 4.67. The lowest BCUT2D eigenvalue weighted by atomic mass is 10.0. The highest BCUT2D eigenvalue weighted by molar-refractivity contribution is 9.10. The number of rotatable bonds is 7. The fourth-order valence-electron chi connectivity index (χ4n) is 2.02. The van der Waals surface area contributed by atoms with Gasteiger partial charge in [0.2, 0.25) is 0 Å². The van der Waals surface area contributed by atoms with E-state index in [-0.39, 0.29) is 0 Å². The Morgan fingerprint density at radius 3 is 2.56 bits per heavy atom. The fourth-order valence-corrected chi connectivity index (χ4v) is 2.50. The molecule has 0 spiro atoms. The summed E-state index contributed by atoms with van der Waals surface area (Å²) in [7, 11) is 0. The molecule has 0 heterocycles. The summed E-state index contributed by atoms with van der Waals surface area (Å²) in [5, 5.41) is 3.56. The molecule has 2 heteroatoms. The minimum absolute atomic E-state index is 0.669. The van der Waals surface area contributed by atoms with Crippen LogP contribution in [0.15, 0.2) is 28.7 Å². The van der Waals surface area contributed by atoms with Crippen LogP contribution in [0.1, 0.15) is 38.7 Å². The molecule has 0 saturated carbocycles. The second kappa shape index (κ2) is 7.86. The van der Waals surface area contributed by atoms with Crippen LogP contribution in [0.2, 0.25) is 0 Å². The van der Waals surface area contributed by atoms with Crippen LogP contribution in [0.5, 0.6) is 0 Å². The number of hydrogen-bond acceptors (Lipinski definition) is 1. The summed E-state index contributed by atoms with van der Waals surface area (Å²) in [6, 6.07) is 9.18. The van der Waals surface area contributed by atoms with Crippen LogP contribution in [0.3, 0.4) is 0 Å². The van der Waals surface area contributed by atoms with Gasteiger partial charge in [-0.25, -0.2) is 0 Å². The van der Waals surface area contributed by atoms with Gasteiger partial charge < -0.3 is 5.32 Å². The van der Waals surface area contributed by atoms with Crippen molar-refractivity contribution in [1.29, 1.82) is 0 Å². The van der Waals surface area contributed by atoms with Crippen molar-refractivity contribution in [2.45, 2.75) is 45.6 Å². The van der Waals surface area contributed by atoms with Gasteiger partial charge in [0.1, 0.15) is 0 Å². The van der Waals surface area contributed by atoms with Crippen LogP contribution in [0.25, 0.3) is 0 Å². The lowest BCUT2D eigenvalue weighted by Gasteiger charge is -2.17. The maximum absolute atomic E-state index is 3.60. The van der Waals surface area contributed by atoms with E-state index < -0.39 is 0 Å². The van der Waals surface area contributed by atoms with Gasteiger partial charge in [-0.3, -0.25) is 0 Å². The van der Waals surface area contributed by atoms with Gasteiger partial charge in [-0.05, 0) is 37.4 Å². The van der Waals surface area contributed by atoms with Gasteiger partial charge in [-0.1, -0.05) is 54.4 Å². The van der Waals surface area contributed by atoms with E-state index in [1.54, 1.807) is 0 Å². The van der Waals surface area contributed by atoms with Gasteiger partial charge in [-0.2, -0.15) is 0 Å². The van der Waals surface area contributed by atoms with E-state index in [0.29, 0.717) is 6.04 Å². The highest BCUT2D eigenvalue weighted by Gasteiger charge is 2.07. The molecule has 1 aromatic carbocycles. The molecular weight excluding hydrogens is 262 g/mol. The lowest BCUT2D eigenvalue weighted by Crippen LogP contribution is -2.29. The van der Waals surface area contributed by atoms with Crippen molar-refractivity contribution < 1.29 is 0 Å². The Morgan fingerprint density at radius 1 is 1.19 bits per heavy atom. The predicted octanol–water partition coefficient (Wildman–Crippen LogP) is 4.16. The van der Waals surface area contributed by atoms with Crippen molar-refractivity contribution in [3.8, 4) is 0 Å². The van der Waals surface area contributed by atoms with Gasteiger partial charge >= 0.3 is 0 Å². The normalized spacial score (nSPS) is 12.7. The molecule has 0 aliphatic heterocycles. The summed E-state index contributed by atoms with van der Waals surface area (Å²) < 4.78 is 1.24. The Kier molecular flexibility index (Phi) is 6.74. The molecule has 1 aromatic rings. The van der Waals surface area contributed by atoms with Crippen molar-refractivity contribution in [3.63, 3.8) is 0 Å². The second-order valence-corrected chi connectivity index (χ2v) is 5.03. The molecule has 0 aromatic heterocycles. The molecule has 0 saturated heterocycles. The summed E-state index contributed by atoms with van der Waals surface area (Å²) in [6.45, 7) is 5.50. The zero-order valence-electron chi connectivity index (χ0n) is 10.3. The molecule has 1 atom stereocenters. The molecule has 1 N–H and O–H groups in total. The van der Waals surface area contributed by atoms with Gasteiger partial charge in [-0.15, -0.1) is 0 Å². The molecule has 0 aliphatic carbocycles. The number of aryl methyl sites for hydroxylation is 1.